The van der Waals surface area contributed by atoms with Gasteiger partial charge in [0.25, 0.3) is 0 Å². The lowest BCUT2D eigenvalue weighted by Crippen LogP contribution is -2.72. The fraction of sp³-hybridized carbons (Fsp3) is 0.593. The van der Waals surface area contributed by atoms with Gasteiger partial charge < -0.3 is 146 Å². The number of ether oxygens (including phenoxy) is 11. The lowest BCUT2D eigenvalue weighted by atomic mass is 9.85. The zero-order valence-electron chi connectivity index (χ0n) is 52.7. The summed E-state index contributed by atoms with van der Waals surface area (Å²) < 4.78 is 88.1. The van der Waals surface area contributed by atoms with Gasteiger partial charge in [-0.05, 0) is 48.2 Å². The fourth-order valence-corrected chi connectivity index (χ4v) is 12.3. The van der Waals surface area contributed by atoms with Crippen molar-refractivity contribution in [2.45, 2.75) is 187 Å². The quantitative estimate of drug-likeness (QED) is 0.0238. The van der Waals surface area contributed by atoms with E-state index in [0.29, 0.717) is 5.69 Å². The summed E-state index contributed by atoms with van der Waals surface area (Å²) in [5.74, 6) is -6.44. The van der Waals surface area contributed by atoms with Crippen LogP contribution in [0.15, 0.2) is 78.9 Å². The van der Waals surface area contributed by atoms with E-state index in [4.69, 9.17) is 78.4 Å². The van der Waals surface area contributed by atoms with Gasteiger partial charge in [0.1, 0.15) is 90.9 Å². The standard InChI is InChI=1S/C59H81N6O32P/c1-23-44(91-56-43(76)40(73)41(74)46(93-56)50(60)77)37(70)34(64-24(2)67)53(88-23)92-45-32(21-86-55-42(75)39(72)36(69)31(20-66)89-55)90-54(35(38(45)71)65-25(3)68)94-47-48(96-58(62)81)59(4,82)49(51(61)78)95-57(47)97-98(83,84)87-22-33(52(79)80)85-19-18-63-30-16-14-29(15-17-30)28-12-10-27(11-13-28)26-8-6-5-7-9-26/h5-17,23,31-49,53-57,63,66,69-76,82H,18-22H2,1-4H3,(H2,60,77)(H2,61,78)(H2,62,81)(H,64,67)(H,65,68)(H,79,80)(H,83,84)/t23-,31-,32-,33-,34-,35-,36-,37-,38-,39+,40+,41-,42-,43-,44-,45-,46+,47-,48-,49-,53+,54+,55-,56-,57-,59+/m1/s1. The monoisotopic (exact) mass is 1420 g/mol. The number of carboxylic acids is 1. The summed E-state index contributed by atoms with van der Waals surface area (Å²) in [7, 11) is -5.83. The minimum atomic E-state index is -5.83. The topological polar surface area (TPSA) is 596 Å². The Morgan fingerprint density at radius 2 is 1.13 bits per heavy atom. The minimum Gasteiger partial charge on any atom is -0.479 e. The first kappa shape index (κ1) is 77.1. The maximum atomic E-state index is 14.0. The maximum Gasteiger partial charge on any atom is 0.474 e. The molecule has 0 saturated carbocycles. The van der Waals surface area contributed by atoms with E-state index in [2.05, 4.69) is 16.0 Å². The fourth-order valence-electron chi connectivity index (χ4n) is 11.5. The van der Waals surface area contributed by atoms with Crippen molar-refractivity contribution in [2.24, 2.45) is 17.2 Å². The largest absolute Gasteiger partial charge is 0.479 e. The van der Waals surface area contributed by atoms with Crippen LogP contribution in [-0.4, -0.2) is 289 Å². The average Bonchev–Trinajstić information content (AvgIpc) is 0.738. The van der Waals surface area contributed by atoms with Crippen LogP contribution in [0, 0.1) is 0 Å². The molecule has 8 rings (SSSR count). The Kier molecular flexibility index (Phi) is 26.2. The van der Waals surface area contributed by atoms with Crippen molar-refractivity contribution in [1.82, 2.24) is 10.6 Å². The highest BCUT2D eigenvalue weighted by molar-refractivity contribution is 7.47. The Bertz CT molecular complexity index is 3240. The number of carbonyl (C=O) groups excluding carboxylic acids is 5. The number of phosphoric acid groups is 1. The van der Waals surface area contributed by atoms with Gasteiger partial charge in [0.2, 0.25) is 23.6 Å². The maximum absolute atomic E-state index is 14.0. The molecule has 38 nitrogen and oxygen atoms in total. The van der Waals surface area contributed by atoms with Gasteiger partial charge in [-0.15, -0.1) is 0 Å². The Morgan fingerprint density at radius 3 is 1.68 bits per heavy atom. The molecule has 544 valence electrons. The van der Waals surface area contributed by atoms with Gasteiger partial charge in [-0.1, -0.05) is 66.7 Å². The van der Waals surface area contributed by atoms with Gasteiger partial charge in [-0.3, -0.25) is 28.2 Å². The zero-order chi connectivity index (χ0) is 71.8. The van der Waals surface area contributed by atoms with Crippen LogP contribution in [0.4, 0.5) is 10.5 Å². The number of nitrogens with two attached hydrogens (primary N) is 3. The molecule has 0 radical (unpaired) electrons. The summed E-state index contributed by atoms with van der Waals surface area (Å²) in [4.78, 5) is 87.6. The lowest BCUT2D eigenvalue weighted by molar-refractivity contribution is -0.375. The summed E-state index contributed by atoms with van der Waals surface area (Å²) >= 11 is 0. The molecular weight excluding hydrogens is 1340 g/mol. The minimum absolute atomic E-state index is 0.00633. The van der Waals surface area contributed by atoms with Crippen molar-refractivity contribution in [2.75, 3.05) is 38.3 Å². The van der Waals surface area contributed by atoms with Crippen LogP contribution in [0.3, 0.4) is 0 Å². The van der Waals surface area contributed by atoms with Crippen molar-refractivity contribution < 1.29 is 156 Å². The normalized spacial score (nSPS) is 36.7. The summed E-state index contributed by atoms with van der Waals surface area (Å²) in [6.07, 6.45) is -49.6. The summed E-state index contributed by atoms with van der Waals surface area (Å²) in [5.41, 5.74) is 18.0. The first-order valence-electron chi connectivity index (χ1n) is 30.4. The molecule has 5 fully saturated rings. The van der Waals surface area contributed by atoms with Crippen LogP contribution in [0.1, 0.15) is 27.7 Å². The molecule has 0 aromatic heterocycles. The number of carboxylic acid groups (broad SMARTS) is 1. The van der Waals surface area contributed by atoms with Crippen molar-refractivity contribution >= 4 is 49.2 Å². The summed E-state index contributed by atoms with van der Waals surface area (Å²) in [5, 5.41) is 128. The molecule has 0 spiro atoms. The van der Waals surface area contributed by atoms with Crippen LogP contribution < -0.4 is 33.2 Å². The molecule has 3 aromatic rings. The number of phosphoric ester groups is 1. The van der Waals surface area contributed by atoms with Crippen molar-refractivity contribution in [3.8, 4) is 22.3 Å². The van der Waals surface area contributed by atoms with E-state index in [1.165, 1.54) is 6.92 Å². The van der Waals surface area contributed by atoms with E-state index in [0.717, 1.165) is 43.0 Å². The number of anilines is 1. The number of rotatable bonds is 28. The molecule has 3 aromatic carbocycles. The van der Waals surface area contributed by atoms with Gasteiger partial charge >= 0.3 is 19.9 Å². The number of hydrogen-bond acceptors (Lipinski definition) is 31. The van der Waals surface area contributed by atoms with Gasteiger partial charge in [0.05, 0.1) is 32.5 Å². The van der Waals surface area contributed by atoms with E-state index in [-0.39, 0.29) is 13.2 Å². The van der Waals surface area contributed by atoms with Crippen LogP contribution in [-0.2, 0) is 89.7 Å². The number of primary amides is 3. The number of carbonyl (C=O) groups is 6. The predicted octanol–water partition coefficient (Wildman–Crippen LogP) is -6.07. The second-order valence-corrected chi connectivity index (χ2v) is 25.1. The predicted molar refractivity (Wildman–Crippen MR) is 323 cm³/mol. The zero-order valence-corrected chi connectivity index (χ0v) is 53.6. The van der Waals surface area contributed by atoms with Crippen molar-refractivity contribution in [3.63, 3.8) is 0 Å². The Hall–Kier alpha value is -6.61. The number of aliphatic hydroxyl groups is 10. The molecule has 27 atom stereocenters. The molecular formula is C59H81N6O32P. The molecule has 21 N–H and O–H groups in total. The van der Waals surface area contributed by atoms with Crippen molar-refractivity contribution in [3.05, 3.63) is 78.9 Å². The molecule has 1 unspecified atom stereocenters. The Morgan fingerprint density at radius 1 is 0.612 bits per heavy atom. The average molecular weight is 1420 g/mol. The third kappa shape index (κ3) is 18.5. The van der Waals surface area contributed by atoms with E-state index in [1.54, 1.807) is 12.1 Å². The van der Waals surface area contributed by atoms with Crippen LogP contribution in [0.2, 0.25) is 0 Å². The third-order valence-corrected chi connectivity index (χ3v) is 17.5. The van der Waals surface area contributed by atoms with Crippen molar-refractivity contribution in [1.29, 1.82) is 0 Å². The molecule has 5 saturated heterocycles. The molecule has 5 heterocycles. The SMILES string of the molecule is CC(=O)N[C@H]1[C@H](O[C@H]2[C@H](O)[C@@H](NC(C)=O)[C@H](O[C@H]3[C@@H](OP(=O)(O)OC[C@@H](OCCNc4ccc(-c5ccc(-c6ccccc6)cc5)cc4)C(=O)O)O[C@H](C(N)=O)[C@@](C)(O)[C@@H]3OC(N)=O)O[C@@H]2CO[C@@H]2O[C@H](CO)[C@@H](O)[C@H](O)[C@H]2O)O[C@H](C)[C@@H](O[C@@H]2O[C@H](C(N)=O)[C@H](O)[C@H](O)[C@H]2O)[C@@H]1O. The van der Waals surface area contributed by atoms with Gasteiger partial charge in [0, 0.05) is 26.1 Å². The van der Waals surface area contributed by atoms with E-state index in [1.807, 2.05) is 66.7 Å². The van der Waals surface area contributed by atoms with Crippen LogP contribution in [0.25, 0.3) is 22.3 Å². The molecule has 98 heavy (non-hydrogen) atoms. The molecule has 5 aliphatic rings. The second kappa shape index (κ2) is 33.2. The molecule has 0 aliphatic carbocycles. The number of benzene rings is 3. The van der Waals surface area contributed by atoms with Crippen LogP contribution in [0.5, 0.6) is 0 Å². The smallest absolute Gasteiger partial charge is 0.474 e. The van der Waals surface area contributed by atoms with E-state index in [9.17, 15) is 94.4 Å². The van der Waals surface area contributed by atoms with Gasteiger partial charge in [-0.2, -0.15) is 0 Å². The van der Waals surface area contributed by atoms with Gasteiger partial charge in [-0.25, -0.2) is 14.2 Å². The van der Waals surface area contributed by atoms with E-state index >= 15 is 0 Å². The molecule has 0 bridgehead atoms. The highest BCUT2D eigenvalue weighted by Crippen LogP contribution is 2.49. The number of hydrogen-bond donors (Lipinski definition) is 18. The number of amides is 5. The molecule has 5 amide bonds. The highest BCUT2D eigenvalue weighted by atomic mass is 31.2. The number of aliphatic hydroxyl groups excluding tert-OH is 9. The van der Waals surface area contributed by atoms with E-state index < -0.39 is 222 Å². The van der Waals surface area contributed by atoms with Gasteiger partial charge in [0.15, 0.2) is 62.0 Å². The Labute approximate surface area is 557 Å². The number of aliphatic carboxylic acids is 1. The molecule has 39 heteroatoms. The first-order valence-corrected chi connectivity index (χ1v) is 31.9. The first-order chi connectivity index (χ1) is 46.2. The Balaban J connectivity index is 1.03. The highest BCUT2D eigenvalue weighted by Gasteiger charge is 2.62. The number of nitrogens with one attached hydrogen (secondary N) is 3. The third-order valence-electron chi connectivity index (χ3n) is 16.5. The summed E-state index contributed by atoms with van der Waals surface area (Å²) in [6, 6.07) is 21.1. The lowest BCUT2D eigenvalue weighted by Gasteiger charge is -2.52. The second-order valence-electron chi connectivity index (χ2n) is 23.7. The molecule has 5 aliphatic heterocycles. The summed E-state index contributed by atoms with van der Waals surface area (Å²) in [6.45, 7) is 0.314. The van der Waals surface area contributed by atoms with Crippen LogP contribution >= 0.6 is 7.82 Å².